The van der Waals surface area contributed by atoms with Crippen molar-refractivity contribution in [3.8, 4) is 5.75 Å². The summed E-state index contributed by atoms with van der Waals surface area (Å²) in [4.78, 5) is 0. The lowest BCUT2D eigenvalue weighted by Gasteiger charge is -2.21. The van der Waals surface area contributed by atoms with Gasteiger partial charge in [-0.15, -0.1) is 0 Å². The van der Waals surface area contributed by atoms with Gasteiger partial charge in [0.2, 0.25) is 0 Å². The minimum Gasteiger partial charge on any atom is -0.490 e. The summed E-state index contributed by atoms with van der Waals surface area (Å²) in [5.74, 6) is -0.0232. The van der Waals surface area contributed by atoms with Crippen LogP contribution in [0.25, 0.3) is 0 Å². The molecule has 0 aromatic heterocycles. The fourth-order valence-corrected chi connectivity index (χ4v) is 1.81. The molecule has 0 unspecified atom stereocenters. The molecule has 0 amide bonds. The van der Waals surface area contributed by atoms with E-state index in [2.05, 4.69) is 0 Å². The van der Waals surface area contributed by atoms with Crippen molar-refractivity contribution >= 4 is 12.9 Å². The lowest BCUT2D eigenvalue weighted by Crippen LogP contribution is -2.23. The smallest absolute Gasteiger partial charge is 0.327 e. The summed E-state index contributed by atoms with van der Waals surface area (Å²) in [5.41, 5.74) is 2.33. The third kappa shape index (κ3) is 1.40. The molecule has 0 fully saturated rings. The molecule has 1 aliphatic rings. The second-order valence-electron chi connectivity index (χ2n) is 3.46. The van der Waals surface area contributed by atoms with Gasteiger partial charge in [-0.25, -0.2) is 4.39 Å². The van der Waals surface area contributed by atoms with Crippen molar-refractivity contribution < 1.29 is 14.2 Å². The van der Waals surface area contributed by atoms with Gasteiger partial charge in [-0.05, 0) is 42.4 Å². The molecule has 0 aliphatic carbocycles. The highest BCUT2D eigenvalue weighted by Gasteiger charge is 2.19. The topological polar surface area (TPSA) is 29.5 Å². The van der Waals surface area contributed by atoms with Crippen molar-refractivity contribution in [2.45, 2.75) is 19.8 Å². The Hall–Kier alpha value is -1.03. The summed E-state index contributed by atoms with van der Waals surface area (Å²) in [6, 6.07) is 1.31. The highest BCUT2D eigenvalue weighted by molar-refractivity contribution is 6.46. The highest BCUT2D eigenvalue weighted by Crippen LogP contribution is 2.29. The van der Waals surface area contributed by atoms with E-state index >= 15 is 0 Å². The maximum Gasteiger partial charge on any atom is 0.327 e. The first-order valence-corrected chi connectivity index (χ1v) is 4.66. The van der Waals surface area contributed by atoms with Crippen molar-refractivity contribution in [3.63, 3.8) is 0 Å². The number of fused-ring (bicyclic) bond motifs is 1. The zero-order valence-corrected chi connectivity index (χ0v) is 8.01. The van der Waals surface area contributed by atoms with E-state index in [1.807, 2.05) is 6.92 Å². The summed E-state index contributed by atoms with van der Waals surface area (Å²) < 4.78 is 18.7. The average Bonchev–Trinajstić information content (AvgIpc) is 2.23. The number of rotatable bonds is 1. The molecule has 1 radical (unpaired) electrons. The van der Waals surface area contributed by atoms with Crippen LogP contribution < -0.4 is 10.2 Å². The number of halogens is 1. The molecule has 1 aliphatic heterocycles. The second-order valence-corrected chi connectivity index (χ2v) is 3.46. The zero-order chi connectivity index (χ0) is 10.1. The number of hydrogen-bond acceptors (Lipinski definition) is 2. The molecule has 0 saturated heterocycles. The van der Waals surface area contributed by atoms with Crippen LogP contribution in [0.2, 0.25) is 0 Å². The predicted molar refractivity (Wildman–Crippen MR) is 52.6 cm³/mol. The molecule has 0 spiro atoms. The van der Waals surface area contributed by atoms with E-state index in [4.69, 9.17) is 9.76 Å². The largest absolute Gasteiger partial charge is 0.490 e. The van der Waals surface area contributed by atoms with Gasteiger partial charge in [0.1, 0.15) is 0 Å². The quantitative estimate of drug-likeness (QED) is 0.665. The first kappa shape index (κ1) is 9.53. The van der Waals surface area contributed by atoms with Crippen LogP contribution in [0.1, 0.15) is 17.5 Å². The Morgan fingerprint density at radius 2 is 2.36 bits per heavy atom. The van der Waals surface area contributed by atoms with E-state index < -0.39 is 0 Å². The van der Waals surface area contributed by atoms with Crippen LogP contribution in [0.15, 0.2) is 6.07 Å². The Labute approximate surface area is 83.0 Å². The van der Waals surface area contributed by atoms with E-state index in [-0.39, 0.29) is 5.82 Å². The molecule has 0 bridgehead atoms. The summed E-state index contributed by atoms with van der Waals surface area (Å²) in [6.45, 7) is 2.44. The van der Waals surface area contributed by atoms with E-state index in [9.17, 15) is 4.39 Å². The minimum absolute atomic E-state index is 0.361. The number of benzene rings is 1. The highest BCUT2D eigenvalue weighted by atomic mass is 19.1. The van der Waals surface area contributed by atoms with Gasteiger partial charge in [0.25, 0.3) is 0 Å². The van der Waals surface area contributed by atoms with Crippen LogP contribution in [0, 0.1) is 12.7 Å². The molecule has 1 aromatic rings. The number of hydrogen-bond donors (Lipinski definition) is 1. The van der Waals surface area contributed by atoms with Gasteiger partial charge < -0.3 is 9.76 Å². The average molecular weight is 193 g/mol. The Morgan fingerprint density at radius 1 is 1.57 bits per heavy atom. The maximum atomic E-state index is 13.4. The molecule has 73 valence electrons. The summed E-state index contributed by atoms with van der Waals surface area (Å²) in [5, 5.41) is 8.91. The molecule has 2 nitrogen and oxygen atoms in total. The van der Waals surface area contributed by atoms with Crippen molar-refractivity contribution in [1.29, 1.82) is 0 Å². The molecule has 1 aromatic carbocycles. The Kier molecular flexibility index (Phi) is 2.46. The van der Waals surface area contributed by atoms with Crippen molar-refractivity contribution in [2.24, 2.45) is 0 Å². The number of ether oxygens (including phenoxy) is 1. The van der Waals surface area contributed by atoms with Crippen LogP contribution >= 0.6 is 0 Å². The van der Waals surface area contributed by atoms with Gasteiger partial charge in [-0.3, -0.25) is 0 Å². The van der Waals surface area contributed by atoms with Crippen molar-refractivity contribution in [1.82, 2.24) is 0 Å². The third-order valence-corrected chi connectivity index (χ3v) is 2.62. The van der Waals surface area contributed by atoms with Crippen LogP contribution in [0.3, 0.4) is 0 Å². The summed E-state index contributed by atoms with van der Waals surface area (Å²) in [6.07, 6.45) is 1.72. The maximum absolute atomic E-state index is 13.4. The third-order valence-electron chi connectivity index (χ3n) is 2.62. The molecule has 14 heavy (non-hydrogen) atoms. The first-order valence-electron chi connectivity index (χ1n) is 4.66. The Morgan fingerprint density at radius 3 is 3.07 bits per heavy atom. The predicted octanol–water partition coefficient (Wildman–Crippen LogP) is 0.696. The van der Waals surface area contributed by atoms with Crippen LogP contribution in [0.5, 0.6) is 5.75 Å². The first-order chi connectivity index (χ1) is 6.74. The second kappa shape index (κ2) is 3.61. The van der Waals surface area contributed by atoms with Crippen molar-refractivity contribution in [2.75, 3.05) is 6.61 Å². The molecular formula is C10H11BFO2. The van der Waals surface area contributed by atoms with Gasteiger partial charge in [-0.1, -0.05) is 0 Å². The molecular weight excluding hydrogens is 182 g/mol. The van der Waals surface area contributed by atoms with Gasteiger partial charge >= 0.3 is 7.48 Å². The minimum atomic E-state index is -0.384. The summed E-state index contributed by atoms with van der Waals surface area (Å²) in [7, 11) is 0.938. The standard InChI is InChI=1S/C10H11BFO2/c1-6-7-3-2-4-14-10(7)9(12)5-8(6)11-13/h5,13H,2-4H2,1H3. The lowest BCUT2D eigenvalue weighted by molar-refractivity contribution is 0.273. The van der Waals surface area contributed by atoms with E-state index in [1.165, 1.54) is 6.07 Å². The van der Waals surface area contributed by atoms with Crippen LogP contribution in [0.4, 0.5) is 4.39 Å². The van der Waals surface area contributed by atoms with Gasteiger partial charge in [0, 0.05) is 0 Å². The molecule has 1 heterocycles. The molecule has 1 N–H and O–H groups in total. The fraction of sp³-hybridized carbons (Fsp3) is 0.400. The molecule has 4 heteroatoms. The monoisotopic (exact) mass is 193 g/mol. The van der Waals surface area contributed by atoms with E-state index in [0.717, 1.165) is 31.5 Å². The lowest BCUT2D eigenvalue weighted by atomic mass is 9.81. The Balaban J connectivity index is 2.58. The molecule has 0 saturated carbocycles. The van der Waals surface area contributed by atoms with Crippen LogP contribution in [-0.2, 0) is 6.42 Å². The van der Waals surface area contributed by atoms with Gasteiger partial charge in [0.05, 0.1) is 6.61 Å². The van der Waals surface area contributed by atoms with Crippen molar-refractivity contribution in [3.05, 3.63) is 23.0 Å². The summed E-state index contributed by atoms with van der Waals surface area (Å²) >= 11 is 0. The molecule has 0 atom stereocenters. The van der Waals surface area contributed by atoms with E-state index in [1.54, 1.807) is 0 Å². The fourth-order valence-electron chi connectivity index (χ4n) is 1.81. The van der Waals surface area contributed by atoms with Gasteiger partial charge in [-0.2, -0.15) is 0 Å². The normalized spacial score (nSPS) is 14.5. The van der Waals surface area contributed by atoms with E-state index in [0.29, 0.717) is 17.8 Å². The Bertz CT molecular complexity index is 366. The van der Waals surface area contributed by atoms with Gasteiger partial charge in [0.15, 0.2) is 11.6 Å². The molecule has 2 rings (SSSR count). The zero-order valence-electron chi connectivity index (χ0n) is 8.01. The van der Waals surface area contributed by atoms with Crippen LogP contribution in [-0.4, -0.2) is 19.1 Å². The SMILES string of the molecule is Cc1c([B]O)cc(F)c2c1CCCO2.